The molecule has 116 valence electrons. The third kappa shape index (κ3) is 4.71. The first-order valence-corrected chi connectivity index (χ1v) is 6.67. The largest absolute Gasteiger partial charge is 0.393 e. The van der Waals surface area contributed by atoms with Crippen LogP contribution < -0.4 is 5.32 Å². The maximum Gasteiger partial charge on any atom is 0.293 e. The van der Waals surface area contributed by atoms with E-state index in [9.17, 15) is 20.0 Å². The highest BCUT2D eigenvalue weighted by molar-refractivity contribution is 5.95. The van der Waals surface area contributed by atoms with E-state index in [1.54, 1.807) is 27.1 Å². The highest BCUT2D eigenvalue weighted by atomic mass is 16.6. The van der Waals surface area contributed by atoms with Crippen LogP contribution >= 0.6 is 0 Å². The lowest BCUT2D eigenvalue weighted by Gasteiger charge is -2.17. The number of carbonyl (C=O) groups excluding carboxylic acids is 1. The average Bonchev–Trinajstić information content (AvgIpc) is 2.36. The van der Waals surface area contributed by atoms with Gasteiger partial charge in [0.2, 0.25) is 0 Å². The van der Waals surface area contributed by atoms with Gasteiger partial charge in [0.25, 0.3) is 11.6 Å². The van der Waals surface area contributed by atoms with E-state index in [1.165, 1.54) is 17.0 Å². The number of aliphatic hydroxyl groups excluding tert-OH is 1. The van der Waals surface area contributed by atoms with Crippen LogP contribution in [0.2, 0.25) is 0 Å². The second kappa shape index (κ2) is 7.03. The molecule has 21 heavy (non-hydrogen) atoms. The first-order valence-electron chi connectivity index (χ1n) is 6.67. The highest BCUT2D eigenvalue weighted by Gasteiger charge is 2.19. The van der Waals surface area contributed by atoms with Crippen molar-refractivity contribution in [1.29, 1.82) is 0 Å². The van der Waals surface area contributed by atoms with E-state index in [4.69, 9.17) is 0 Å². The van der Waals surface area contributed by atoms with Crippen molar-refractivity contribution in [2.75, 3.05) is 19.4 Å². The SMILES string of the molecule is CC(O)CC(C)Nc1ccc(C(=O)N(C)C)cc1[N+](=O)[O-]. The molecule has 0 radical (unpaired) electrons. The van der Waals surface area contributed by atoms with Crippen molar-refractivity contribution in [2.24, 2.45) is 0 Å². The van der Waals surface area contributed by atoms with Gasteiger partial charge < -0.3 is 15.3 Å². The molecule has 0 saturated heterocycles. The number of nitrogens with zero attached hydrogens (tertiary/aromatic N) is 2. The van der Waals surface area contributed by atoms with Crippen molar-refractivity contribution in [1.82, 2.24) is 4.90 Å². The predicted molar refractivity (Wildman–Crippen MR) is 80.5 cm³/mol. The summed E-state index contributed by atoms with van der Waals surface area (Å²) in [5, 5.41) is 23.5. The highest BCUT2D eigenvalue weighted by Crippen LogP contribution is 2.27. The van der Waals surface area contributed by atoms with E-state index in [-0.39, 0.29) is 23.2 Å². The Bertz CT molecular complexity index is 529. The maximum absolute atomic E-state index is 11.8. The lowest BCUT2D eigenvalue weighted by Crippen LogP contribution is -2.23. The topological polar surface area (TPSA) is 95.7 Å². The lowest BCUT2D eigenvalue weighted by molar-refractivity contribution is -0.384. The fourth-order valence-electron chi connectivity index (χ4n) is 2.03. The number of hydrogen-bond acceptors (Lipinski definition) is 5. The van der Waals surface area contributed by atoms with Crippen molar-refractivity contribution in [2.45, 2.75) is 32.4 Å². The van der Waals surface area contributed by atoms with Crippen LogP contribution in [0.5, 0.6) is 0 Å². The Kier molecular flexibility index (Phi) is 5.66. The molecule has 0 saturated carbocycles. The van der Waals surface area contributed by atoms with Crippen LogP contribution in [0.25, 0.3) is 0 Å². The van der Waals surface area contributed by atoms with Gasteiger partial charge in [0.1, 0.15) is 5.69 Å². The number of nitrogens with one attached hydrogen (secondary N) is 1. The Morgan fingerprint density at radius 1 is 1.43 bits per heavy atom. The number of rotatable bonds is 6. The Morgan fingerprint density at radius 2 is 2.05 bits per heavy atom. The van der Waals surface area contributed by atoms with Crippen LogP contribution in [0.4, 0.5) is 11.4 Å². The van der Waals surface area contributed by atoms with Crippen LogP contribution in [-0.2, 0) is 0 Å². The van der Waals surface area contributed by atoms with E-state index in [0.29, 0.717) is 12.1 Å². The number of benzene rings is 1. The Morgan fingerprint density at radius 3 is 2.52 bits per heavy atom. The summed E-state index contributed by atoms with van der Waals surface area (Å²) in [5.74, 6) is -0.290. The minimum Gasteiger partial charge on any atom is -0.393 e. The summed E-state index contributed by atoms with van der Waals surface area (Å²) < 4.78 is 0. The molecule has 2 unspecified atom stereocenters. The van der Waals surface area contributed by atoms with Gasteiger partial charge in [-0.25, -0.2) is 0 Å². The van der Waals surface area contributed by atoms with E-state index in [2.05, 4.69) is 5.32 Å². The smallest absolute Gasteiger partial charge is 0.293 e. The van der Waals surface area contributed by atoms with Gasteiger partial charge in [-0.1, -0.05) is 0 Å². The van der Waals surface area contributed by atoms with E-state index >= 15 is 0 Å². The Hall–Kier alpha value is -2.15. The minimum atomic E-state index is -0.524. The monoisotopic (exact) mass is 295 g/mol. The van der Waals surface area contributed by atoms with Crippen LogP contribution in [0.15, 0.2) is 18.2 Å². The molecule has 7 heteroatoms. The summed E-state index contributed by atoms with van der Waals surface area (Å²) in [6.45, 7) is 3.49. The van der Waals surface area contributed by atoms with Gasteiger partial charge in [0.05, 0.1) is 11.0 Å². The molecule has 0 bridgehead atoms. The normalized spacial score (nSPS) is 13.4. The lowest BCUT2D eigenvalue weighted by atomic mass is 10.1. The zero-order valence-electron chi connectivity index (χ0n) is 12.7. The summed E-state index contributed by atoms with van der Waals surface area (Å²) in [7, 11) is 3.18. The number of anilines is 1. The molecule has 0 aromatic heterocycles. The fourth-order valence-corrected chi connectivity index (χ4v) is 2.03. The van der Waals surface area contributed by atoms with Crippen molar-refractivity contribution >= 4 is 17.3 Å². The molecule has 0 spiro atoms. The Balaban J connectivity index is 3.05. The molecule has 7 nitrogen and oxygen atoms in total. The summed E-state index contributed by atoms with van der Waals surface area (Å²) in [6.07, 6.45) is -0.0311. The summed E-state index contributed by atoms with van der Waals surface area (Å²) in [4.78, 5) is 23.8. The van der Waals surface area contributed by atoms with Crippen molar-refractivity contribution in [3.05, 3.63) is 33.9 Å². The van der Waals surface area contributed by atoms with Gasteiger partial charge in [-0.15, -0.1) is 0 Å². The molecule has 2 N–H and O–H groups in total. The van der Waals surface area contributed by atoms with Crippen LogP contribution in [0.3, 0.4) is 0 Å². The van der Waals surface area contributed by atoms with E-state index in [0.717, 1.165) is 0 Å². The molecule has 0 aliphatic heterocycles. The molecule has 0 fully saturated rings. The van der Waals surface area contributed by atoms with Gasteiger partial charge in [0.15, 0.2) is 0 Å². The molecule has 1 aromatic rings. The van der Waals surface area contributed by atoms with Crippen molar-refractivity contribution < 1.29 is 14.8 Å². The molecule has 0 heterocycles. The second-order valence-corrected chi connectivity index (χ2v) is 5.32. The zero-order chi connectivity index (χ0) is 16.2. The van der Waals surface area contributed by atoms with Crippen LogP contribution in [0, 0.1) is 10.1 Å². The minimum absolute atomic E-state index is 0.126. The van der Waals surface area contributed by atoms with Crippen molar-refractivity contribution in [3.8, 4) is 0 Å². The molecule has 0 aliphatic rings. The molecule has 0 aliphatic carbocycles. The third-order valence-corrected chi connectivity index (χ3v) is 2.94. The number of nitro groups is 1. The number of amides is 1. The van der Waals surface area contributed by atoms with Crippen molar-refractivity contribution in [3.63, 3.8) is 0 Å². The molecular formula is C14H21N3O4. The quantitative estimate of drug-likeness (QED) is 0.617. The van der Waals surface area contributed by atoms with Crippen LogP contribution in [-0.4, -0.2) is 47.1 Å². The predicted octanol–water partition coefficient (Wildman–Crippen LogP) is 1.87. The standard InChI is InChI=1S/C14H21N3O4/c1-9(7-10(2)18)15-12-6-5-11(14(19)16(3)4)8-13(12)17(20)21/h5-6,8-10,15,18H,7H2,1-4H3. The Labute approximate surface area is 123 Å². The number of nitro benzene ring substituents is 1. The number of aliphatic hydroxyl groups is 1. The molecule has 1 aromatic carbocycles. The molecule has 2 atom stereocenters. The maximum atomic E-state index is 11.8. The third-order valence-electron chi connectivity index (χ3n) is 2.94. The van der Waals surface area contributed by atoms with Gasteiger partial charge in [-0.05, 0) is 32.4 Å². The number of hydrogen-bond donors (Lipinski definition) is 2. The first-order chi connectivity index (χ1) is 9.72. The van der Waals surface area contributed by atoms with Gasteiger partial charge in [0, 0.05) is 31.8 Å². The summed E-state index contributed by atoms with van der Waals surface area (Å²) in [6, 6.07) is 4.21. The summed E-state index contributed by atoms with van der Waals surface area (Å²) in [5.41, 5.74) is 0.448. The molecule has 1 rings (SSSR count). The average molecular weight is 295 g/mol. The fraction of sp³-hybridized carbons (Fsp3) is 0.500. The first kappa shape index (κ1) is 16.9. The van der Waals surface area contributed by atoms with Gasteiger partial charge in [-0.2, -0.15) is 0 Å². The molecular weight excluding hydrogens is 274 g/mol. The van der Waals surface area contributed by atoms with E-state index < -0.39 is 11.0 Å². The van der Waals surface area contributed by atoms with Crippen LogP contribution in [0.1, 0.15) is 30.6 Å². The number of carbonyl (C=O) groups is 1. The molecule has 1 amide bonds. The summed E-state index contributed by atoms with van der Waals surface area (Å²) >= 11 is 0. The van der Waals surface area contributed by atoms with Gasteiger partial charge >= 0.3 is 0 Å². The van der Waals surface area contributed by atoms with E-state index in [1.807, 2.05) is 6.92 Å². The van der Waals surface area contributed by atoms with Gasteiger partial charge in [-0.3, -0.25) is 14.9 Å². The zero-order valence-corrected chi connectivity index (χ0v) is 12.7. The second-order valence-electron chi connectivity index (χ2n) is 5.32.